The number of aromatic nitrogens is 2. The molecule has 2 aromatic rings. The van der Waals surface area contributed by atoms with Crippen LogP contribution in [0.1, 0.15) is 6.42 Å². The van der Waals surface area contributed by atoms with Crippen molar-refractivity contribution in [2.24, 2.45) is 0 Å². The SMILES string of the molecule is Nc1cc(=O)[nH]c(SCCC(=O)Nc2cccc(F)c2)n1. The normalized spacial score (nSPS) is 10.3. The van der Waals surface area contributed by atoms with E-state index in [0.717, 1.165) is 0 Å². The van der Waals surface area contributed by atoms with Crippen LogP contribution in [-0.2, 0) is 4.79 Å². The van der Waals surface area contributed by atoms with E-state index in [4.69, 9.17) is 5.73 Å². The molecule has 0 saturated carbocycles. The molecule has 1 heterocycles. The average molecular weight is 308 g/mol. The summed E-state index contributed by atoms with van der Waals surface area (Å²) in [6.07, 6.45) is 0.194. The zero-order valence-corrected chi connectivity index (χ0v) is 11.7. The van der Waals surface area contributed by atoms with E-state index in [1.54, 1.807) is 6.07 Å². The maximum Gasteiger partial charge on any atom is 0.253 e. The van der Waals surface area contributed by atoms with Gasteiger partial charge < -0.3 is 16.0 Å². The first-order valence-electron chi connectivity index (χ1n) is 6.08. The summed E-state index contributed by atoms with van der Waals surface area (Å²) < 4.78 is 13.0. The van der Waals surface area contributed by atoms with Crippen LogP contribution in [0.2, 0.25) is 0 Å². The number of nitrogens with zero attached hydrogens (tertiary/aromatic N) is 1. The molecule has 0 fully saturated rings. The molecule has 4 N–H and O–H groups in total. The highest BCUT2D eigenvalue weighted by molar-refractivity contribution is 7.99. The molecule has 8 heteroatoms. The van der Waals surface area contributed by atoms with Gasteiger partial charge in [-0.3, -0.25) is 9.59 Å². The number of nitrogen functional groups attached to an aromatic ring is 1. The highest BCUT2D eigenvalue weighted by Crippen LogP contribution is 2.14. The lowest BCUT2D eigenvalue weighted by atomic mass is 10.3. The van der Waals surface area contributed by atoms with E-state index in [1.165, 1.54) is 36.0 Å². The van der Waals surface area contributed by atoms with Crippen LogP contribution in [0, 0.1) is 5.82 Å². The molecule has 0 saturated heterocycles. The highest BCUT2D eigenvalue weighted by atomic mass is 32.2. The number of nitrogens with one attached hydrogen (secondary N) is 2. The zero-order valence-electron chi connectivity index (χ0n) is 10.9. The van der Waals surface area contributed by atoms with Crippen molar-refractivity contribution < 1.29 is 9.18 Å². The number of H-pyrrole nitrogens is 1. The molecule has 0 aliphatic heterocycles. The minimum Gasteiger partial charge on any atom is -0.383 e. The third-order valence-corrected chi connectivity index (χ3v) is 3.29. The van der Waals surface area contributed by atoms with Crippen LogP contribution in [0.15, 0.2) is 40.3 Å². The van der Waals surface area contributed by atoms with Gasteiger partial charge in [0.05, 0.1) is 0 Å². The Morgan fingerprint density at radius 1 is 1.43 bits per heavy atom. The number of aromatic amines is 1. The van der Waals surface area contributed by atoms with Gasteiger partial charge in [0.1, 0.15) is 11.6 Å². The van der Waals surface area contributed by atoms with Crippen molar-refractivity contribution in [3.63, 3.8) is 0 Å². The van der Waals surface area contributed by atoms with Crippen LogP contribution in [-0.4, -0.2) is 21.6 Å². The molecule has 0 bridgehead atoms. The Labute approximate surface area is 124 Å². The fourth-order valence-corrected chi connectivity index (χ4v) is 2.38. The molecule has 1 aromatic heterocycles. The summed E-state index contributed by atoms with van der Waals surface area (Å²) in [6.45, 7) is 0. The summed E-state index contributed by atoms with van der Waals surface area (Å²) in [5.74, 6) is -0.124. The fourth-order valence-electron chi connectivity index (χ4n) is 1.55. The van der Waals surface area contributed by atoms with Crippen LogP contribution < -0.4 is 16.6 Å². The first-order chi connectivity index (χ1) is 10.0. The van der Waals surface area contributed by atoms with Crippen molar-refractivity contribution in [2.75, 3.05) is 16.8 Å². The van der Waals surface area contributed by atoms with E-state index < -0.39 is 5.82 Å². The lowest BCUT2D eigenvalue weighted by Gasteiger charge is -2.05. The van der Waals surface area contributed by atoms with Gasteiger partial charge in [-0.15, -0.1) is 0 Å². The molecule has 0 atom stereocenters. The quantitative estimate of drug-likeness (QED) is 0.575. The number of rotatable bonds is 5. The van der Waals surface area contributed by atoms with Crippen molar-refractivity contribution in [1.82, 2.24) is 9.97 Å². The smallest absolute Gasteiger partial charge is 0.253 e. The molecular formula is C13H13FN4O2S. The summed E-state index contributed by atoms with van der Waals surface area (Å²) in [5.41, 5.74) is 5.51. The van der Waals surface area contributed by atoms with Crippen molar-refractivity contribution >= 4 is 29.2 Å². The monoisotopic (exact) mass is 308 g/mol. The predicted octanol–water partition coefficient (Wildman–Crippen LogP) is 1.61. The molecule has 1 aromatic carbocycles. The van der Waals surface area contributed by atoms with Crippen molar-refractivity contribution in [1.29, 1.82) is 0 Å². The van der Waals surface area contributed by atoms with E-state index in [2.05, 4.69) is 15.3 Å². The van der Waals surface area contributed by atoms with Gasteiger partial charge in [-0.1, -0.05) is 17.8 Å². The van der Waals surface area contributed by atoms with Crippen LogP contribution in [0.4, 0.5) is 15.9 Å². The average Bonchev–Trinajstić information content (AvgIpc) is 2.37. The van der Waals surface area contributed by atoms with Gasteiger partial charge in [-0.25, -0.2) is 9.37 Å². The first kappa shape index (κ1) is 15.0. The lowest BCUT2D eigenvalue weighted by Crippen LogP contribution is -2.13. The number of thioether (sulfide) groups is 1. The van der Waals surface area contributed by atoms with Crippen LogP contribution in [0.3, 0.4) is 0 Å². The van der Waals surface area contributed by atoms with Gasteiger partial charge in [-0.05, 0) is 18.2 Å². The summed E-state index contributed by atoms with van der Waals surface area (Å²) >= 11 is 1.21. The second-order valence-corrected chi connectivity index (χ2v) is 5.22. The number of benzene rings is 1. The number of anilines is 2. The zero-order chi connectivity index (χ0) is 15.2. The van der Waals surface area contributed by atoms with Gasteiger partial charge in [0, 0.05) is 23.9 Å². The topological polar surface area (TPSA) is 101 Å². The molecular weight excluding hydrogens is 295 g/mol. The third-order valence-electron chi connectivity index (χ3n) is 2.42. The minimum absolute atomic E-state index is 0.130. The number of amides is 1. The summed E-state index contributed by atoms with van der Waals surface area (Å²) in [7, 11) is 0. The van der Waals surface area contributed by atoms with E-state index >= 15 is 0 Å². The third kappa shape index (κ3) is 4.92. The van der Waals surface area contributed by atoms with Gasteiger partial charge in [0.2, 0.25) is 5.91 Å². The molecule has 1 amide bonds. The standard InChI is InChI=1S/C13H13FN4O2S/c14-8-2-1-3-9(6-8)16-11(19)4-5-21-13-17-10(15)7-12(20)18-13/h1-3,6-7H,4-5H2,(H,16,19)(H3,15,17,18,20). The Morgan fingerprint density at radius 3 is 2.95 bits per heavy atom. The maximum absolute atomic E-state index is 13.0. The molecule has 0 spiro atoms. The van der Waals surface area contributed by atoms with Crippen LogP contribution in [0.25, 0.3) is 0 Å². The fraction of sp³-hybridized carbons (Fsp3) is 0.154. The summed E-state index contributed by atoms with van der Waals surface area (Å²) in [4.78, 5) is 29.3. The molecule has 0 aliphatic rings. The predicted molar refractivity (Wildman–Crippen MR) is 79.6 cm³/mol. The van der Waals surface area contributed by atoms with Crippen molar-refractivity contribution in [2.45, 2.75) is 11.6 Å². The molecule has 2 rings (SSSR count). The molecule has 0 unspecified atom stereocenters. The Kier molecular flexibility index (Phi) is 4.94. The van der Waals surface area contributed by atoms with E-state index in [9.17, 15) is 14.0 Å². The Morgan fingerprint density at radius 2 is 2.24 bits per heavy atom. The second kappa shape index (κ2) is 6.89. The van der Waals surface area contributed by atoms with Crippen LogP contribution >= 0.6 is 11.8 Å². The van der Waals surface area contributed by atoms with E-state index in [-0.39, 0.29) is 23.7 Å². The van der Waals surface area contributed by atoms with Gasteiger partial charge in [0.25, 0.3) is 5.56 Å². The minimum atomic E-state index is -0.413. The Hall–Kier alpha value is -2.35. The van der Waals surface area contributed by atoms with Gasteiger partial charge in [-0.2, -0.15) is 0 Å². The second-order valence-electron chi connectivity index (χ2n) is 4.13. The van der Waals surface area contributed by atoms with E-state index in [0.29, 0.717) is 16.6 Å². The number of hydrogen-bond acceptors (Lipinski definition) is 5. The van der Waals surface area contributed by atoms with Crippen LogP contribution in [0.5, 0.6) is 0 Å². The van der Waals surface area contributed by atoms with Gasteiger partial charge in [0.15, 0.2) is 5.16 Å². The summed E-state index contributed by atoms with van der Waals surface area (Å²) in [6, 6.07) is 6.84. The van der Waals surface area contributed by atoms with Crippen molar-refractivity contribution in [3.8, 4) is 0 Å². The van der Waals surface area contributed by atoms with E-state index in [1.807, 2.05) is 0 Å². The number of carbonyl (C=O) groups excluding carboxylic acids is 1. The number of nitrogens with two attached hydrogens (primary N) is 1. The molecule has 0 radical (unpaired) electrons. The lowest BCUT2D eigenvalue weighted by molar-refractivity contribution is -0.115. The molecule has 0 aliphatic carbocycles. The molecule has 21 heavy (non-hydrogen) atoms. The Bertz CT molecular complexity index is 705. The number of halogens is 1. The largest absolute Gasteiger partial charge is 0.383 e. The highest BCUT2D eigenvalue weighted by Gasteiger charge is 2.05. The molecule has 6 nitrogen and oxygen atoms in total. The molecule has 110 valence electrons. The Balaban J connectivity index is 1.83. The number of carbonyl (C=O) groups is 1. The first-order valence-corrected chi connectivity index (χ1v) is 7.06. The van der Waals surface area contributed by atoms with Gasteiger partial charge >= 0.3 is 0 Å². The number of hydrogen-bond donors (Lipinski definition) is 3. The maximum atomic E-state index is 13.0. The van der Waals surface area contributed by atoms with Crippen molar-refractivity contribution in [3.05, 3.63) is 46.5 Å². The summed E-state index contributed by atoms with van der Waals surface area (Å²) in [5, 5.41) is 2.94.